The minimum absolute atomic E-state index is 0.0571. The number of nitrogens with zero attached hydrogens (tertiary/aromatic N) is 4. The molecule has 1 saturated carbocycles. The SMILES string of the molecule is CC1CCC(C#N)(N(C)C(=O)C(C)N2CCN(CCO)CC2)CC1. The molecule has 0 bridgehead atoms. The highest BCUT2D eigenvalue weighted by atomic mass is 16.3. The fourth-order valence-corrected chi connectivity index (χ4v) is 3.92. The minimum Gasteiger partial charge on any atom is -0.395 e. The average molecular weight is 336 g/mol. The maximum absolute atomic E-state index is 13.0. The number of β-amino-alcohol motifs (C(OH)–C–C–N with tert-alkyl or cyclic N) is 1. The van der Waals surface area contributed by atoms with E-state index in [1.807, 2.05) is 6.92 Å². The van der Waals surface area contributed by atoms with E-state index in [0.29, 0.717) is 12.5 Å². The monoisotopic (exact) mass is 336 g/mol. The summed E-state index contributed by atoms with van der Waals surface area (Å²) in [6, 6.07) is 2.25. The lowest BCUT2D eigenvalue weighted by molar-refractivity contribution is -0.141. The molecule has 0 radical (unpaired) electrons. The summed E-state index contributed by atoms with van der Waals surface area (Å²) < 4.78 is 0. The maximum atomic E-state index is 13.0. The number of rotatable bonds is 5. The van der Waals surface area contributed by atoms with Crippen molar-refractivity contribution in [3.63, 3.8) is 0 Å². The Hall–Kier alpha value is -1.16. The van der Waals surface area contributed by atoms with E-state index in [-0.39, 0.29) is 18.6 Å². The van der Waals surface area contributed by atoms with Crippen LogP contribution in [0.2, 0.25) is 0 Å². The second kappa shape index (κ2) is 8.28. The highest BCUT2D eigenvalue weighted by Crippen LogP contribution is 2.35. The molecule has 1 N–H and O–H groups in total. The van der Waals surface area contributed by atoms with Crippen LogP contribution in [0.1, 0.15) is 39.5 Å². The Labute approximate surface area is 146 Å². The first-order valence-corrected chi connectivity index (χ1v) is 9.19. The van der Waals surface area contributed by atoms with Gasteiger partial charge in [0.05, 0.1) is 18.7 Å². The second-order valence-electron chi connectivity index (χ2n) is 7.50. The molecule has 136 valence electrons. The van der Waals surface area contributed by atoms with Crippen molar-refractivity contribution >= 4 is 5.91 Å². The van der Waals surface area contributed by atoms with E-state index in [0.717, 1.165) is 51.9 Å². The Morgan fingerprint density at radius 3 is 2.42 bits per heavy atom. The van der Waals surface area contributed by atoms with Gasteiger partial charge in [0, 0.05) is 39.8 Å². The molecule has 24 heavy (non-hydrogen) atoms. The molecule has 2 rings (SSSR count). The first-order valence-electron chi connectivity index (χ1n) is 9.19. The molecule has 6 heteroatoms. The van der Waals surface area contributed by atoms with Crippen LogP contribution in [0, 0.1) is 17.2 Å². The van der Waals surface area contributed by atoms with Crippen LogP contribution >= 0.6 is 0 Å². The van der Waals surface area contributed by atoms with Crippen LogP contribution in [0.3, 0.4) is 0 Å². The van der Waals surface area contributed by atoms with Crippen molar-refractivity contribution in [2.45, 2.75) is 51.1 Å². The molecule has 1 saturated heterocycles. The van der Waals surface area contributed by atoms with Gasteiger partial charge in [-0.15, -0.1) is 0 Å². The van der Waals surface area contributed by atoms with Crippen molar-refractivity contribution < 1.29 is 9.90 Å². The molecule has 1 atom stereocenters. The van der Waals surface area contributed by atoms with Crippen LogP contribution in [0.5, 0.6) is 0 Å². The number of hydrogen-bond acceptors (Lipinski definition) is 5. The summed E-state index contributed by atoms with van der Waals surface area (Å²) in [5.74, 6) is 0.703. The van der Waals surface area contributed by atoms with Gasteiger partial charge in [0.25, 0.3) is 0 Å². The highest BCUT2D eigenvalue weighted by Gasteiger charge is 2.42. The van der Waals surface area contributed by atoms with Gasteiger partial charge in [-0.25, -0.2) is 0 Å². The largest absolute Gasteiger partial charge is 0.395 e. The number of likely N-dealkylation sites (N-methyl/N-ethyl adjacent to an activating group) is 1. The van der Waals surface area contributed by atoms with E-state index < -0.39 is 5.54 Å². The number of amides is 1. The molecule has 0 aromatic rings. The number of carbonyl (C=O) groups excluding carboxylic acids is 1. The van der Waals surface area contributed by atoms with E-state index in [9.17, 15) is 10.1 Å². The summed E-state index contributed by atoms with van der Waals surface area (Å²) in [6.45, 7) is 8.47. The van der Waals surface area contributed by atoms with Crippen molar-refractivity contribution in [1.82, 2.24) is 14.7 Å². The molecule has 0 aromatic heterocycles. The Bertz CT molecular complexity index is 460. The van der Waals surface area contributed by atoms with Crippen molar-refractivity contribution in [2.75, 3.05) is 46.4 Å². The number of aliphatic hydroxyl groups is 1. The van der Waals surface area contributed by atoms with Crippen molar-refractivity contribution in [1.29, 1.82) is 5.26 Å². The van der Waals surface area contributed by atoms with Gasteiger partial charge in [0.15, 0.2) is 0 Å². The Morgan fingerprint density at radius 1 is 1.33 bits per heavy atom. The molecule has 1 amide bonds. The molecule has 6 nitrogen and oxygen atoms in total. The zero-order valence-corrected chi connectivity index (χ0v) is 15.4. The molecule has 1 heterocycles. The third kappa shape index (κ3) is 4.08. The normalized spacial score (nSPS) is 30.5. The van der Waals surface area contributed by atoms with Crippen LogP contribution < -0.4 is 0 Å². The van der Waals surface area contributed by atoms with E-state index in [4.69, 9.17) is 5.11 Å². The average Bonchev–Trinajstić information content (AvgIpc) is 2.62. The van der Waals surface area contributed by atoms with Gasteiger partial charge in [-0.05, 0) is 38.5 Å². The van der Waals surface area contributed by atoms with Crippen molar-refractivity contribution in [3.05, 3.63) is 0 Å². The van der Waals surface area contributed by atoms with Crippen LogP contribution in [-0.4, -0.2) is 83.7 Å². The summed E-state index contributed by atoms with van der Waals surface area (Å²) >= 11 is 0. The fraction of sp³-hybridized carbons (Fsp3) is 0.889. The fourth-order valence-electron chi connectivity index (χ4n) is 3.92. The quantitative estimate of drug-likeness (QED) is 0.808. The Kier molecular flexibility index (Phi) is 6.62. The van der Waals surface area contributed by atoms with E-state index >= 15 is 0 Å². The molecule has 0 spiro atoms. The van der Waals surface area contributed by atoms with Gasteiger partial charge in [-0.1, -0.05) is 6.92 Å². The van der Waals surface area contributed by atoms with Crippen LogP contribution in [0.25, 0.3) is 0 Å². The molecule has 1 aliphatic carbocycles. The van der Waals surface area contributed by atoms with Crippen molar-refractivity contribution in [2.24, 2.45) is 5.92 Å². The number of carbonyl (C=O) groups is 1. The third-order valence-corrected chi connectivity index (χ3v) is 6.01. The number of aliphatic hydroxyl groups excluding tert-OH is 1. The first kappa shape index (κ1) is 19.2. The zero-order chi connectivity index (χ0) is 17.7. The smallest absolute Gasteiger partial charge is 0.240 e. The number of hydrogen-bond donors (Lipinski definition) is 1. The van der Waals surface area contributed by atoms with Gasteiger partial charge in [0.1, 0.15) is 5.54 Å². The topological polar surface area (TPSA) is 70.8 Å². The molecular formula is C18H32N4O2. The summed E-state index contributed by atoms with van der Waals surface area (Å²) in [5.41, 5.74) is -0.628. The summed E-state index contributed by atoms with van der Waals surface area (Å²) in [4.78, 5) is 19.1. The van der Waals surface area contributed by atoms with Gasteiger partial charge in [0.2, 0.25) is 5.91 Å². The van der Waals surface area contributed by atoms with E-state index in [2.05, 4.69) is 22.8 Å². The van der Waals surface area contributed by atoms with E-state index in [1.165, 1.54) is 0 Å². The van der Waals surface area contributed by atoms with Gasteiger partial charge < -0.3 is 10.0 Å². The predicted molar refractivity (Wildman–Crippen MR) is 93.3 cm³/mol. The first-order chi connectivity index (χ1) is 11.4. The predicted octanol–water partition coefficient (Wildman–Crippen LogP) is 0.916. The standard InChI is InChI=1S/C18H32N4O2/c1-15-4-6-18(14-19,7-5-15)20(3)17(24)16(2)22-10-8-21(9-11-22)12-13-23/h15-16,23H,4-13H2,1-3H3. The molecular weight excluding hydrogens is 304 g/mol. The molecule has 1 aliphatic heterocycles. The number of nitriles is 1. The minimum atomic E-state index is -0.628. The zero-order valence-electron chi connectivity index (χ0n) is 15.4. The summed E-state index contributed by atoms with van der Waals surface area (Å²) in [5, 5.41) is 18.8. The van der Waals surface area contributed by atoms with Gasteiger partial charge in [-0.2, -0.15) is 5.26 Å². The molecule has 0 aromatic carbocycles. The van der Waals surface area contributed by atoms with Gasteiger partial charge in [-0.3, -0.25) is 14.6 Å². The maximum Gasteiger partial charge on any atom is 0.240 e. The van der Waals surface area contributed by atoms with Crippen LogP contribution in [0.15, 0.2) is 0 Å². The molecule has 2 aliphatic rings. The lowest BCUT2D eigenvalue weighted by atomic mass is 9.77. The van der Waals surface area contributed by atoms with Gasteiger partial charge >= 0.3 is 0 Å². The van der Waals surface area contributed by atoms with Crippen LogP contribution in [-0.2, 0) is 4.79 Å². The number of piperazine rings is 1. The second-order valence-corrected chi connectivity index (χ2v) is 7.50. The molecule has 2 fully saturated rings. The Balaban J connectivity index is 1.96. The summed E-state index contributed by atoms with van der Waals surface area (Å²) in [7, 11) is 1.81. The van der Waals surface area contributed by atoms with E-state index in [1.54, 1.807) is 11.9 Å². The lowest BCUT2D eigenvalue weighted by Crippen LogP contribution is -2.58. The summed E-state index contributed by atoms with van der Waals surface area (Å²) in [6.07, 6.45) is 3.59. The van der Waals surface area contributed by atoms with Crippen LogP contribution in [0.4, 0.5) is 0 Å². The third-order valence-electron chi connectivity index (χ3n) is 6.01. The Morgan fingerprint density at radius 2 is 1.92 bits per heavy atom. The molecule has 1 unspecified atom stereocenters. The van der Waals surface area contributed by atoms with Crippen molar-refractivity contribution in [3.8, 4) is 6.07 Å². The lowest BCUT2D eigenvalue weighted by Gasteiger charge is -2.44. The highest BCUT2D eigenvalue weighted by molar-refractivity contribution is 5.82.